The predicted octanol–water partition coefficient (Wildman–Crippen LogP) is -1.68. The standard InChI is InChI=1S/C13H15N3O7/c17-4-6-1-8(15-23-6)7-3-16(13(21)14-12(7)20)11-2-9(19)10(5-18)22-11/h1,3,9-11,17-19H,2,4-5H2,(H,14,20,21)/t9-,10+,11+/m0/s1. The Morgan fingerprint density at radius 1 is 1.39 bits per heavy atom. The van der Waals surface area contributed by atoms with E-state index in [2.05, 4.69) is 10.1 Å². The highest BCUT2D eigenvalue weighted by atomic mass is 16.5. The summed E-state index contributed by atoms with van der Waals surface area (Å²) in [5.41, 5.74) is -1.17. The summed E-state index contributed by atoms with van der Waals surface area (Å²) in [6.45, 7) is -0.758. The van der Waals surface area contributed by atoms with Gasteiger partial charge in [-0.15, -0.1) is 0 Å². The summed E-state index contributed by atoms with van der Waals surface area (Å²) in [7, 11) is 0. The van der Waals surface area contributed by atoms with Crippen LogP contribution in [0.25, 0.3) is 11.3 Å². The van der Waals surface area contributed by atoms with E-state index < -0.39 is 29.7 Å². The molecule has 10 nitrogen and oxygen atoms in total. The van der Waals surface area contributed by atoms with E-state index in [1.807, 2.05) is 0 Å². The topological polar surface area (TPSA) is 151 Å². The molecular formula is C13H15N3O7. The maximum Gasteiger partial charge on any atom is 0.330 e. The summed E-state index contributed by atoms with van der Waals surface area (Å²) >= 11 is 0. The van der Waals surface area contributed by atoms with Gasteiger partial charge in [0.05, 0.1) is 18.3 Å². The fourth-order valence-corrected chi connectivity index (χ4v) is 2.45. The minimum Gasteiger partial charge on any atom is -0.394 e. The molecule has 0 radical (unpaired) electrons. The second-order valence-corrected chi connectivity index (χ2v) is 5.16. The van der Waals surface area contributed by atoms with Gasteiger partial charge in [0.2, 0.25) is 0 Å². The van der Waals surface area contributed by atoms with Gasteiger partial charge >= 0.3 is 5.69 Å². The quantitative estimate of drug-likeness (QED) is 0.520. The molecule has 0 aliphatic carbocycles. The molecule has 0 spiro atoms. The molecule has 0 aromatic carbocycles. The van der Waals surface area contributed by atoms with E-state index in [1.165, 1.54) is 12.3 Å². The molecule has 4 N–H and O–H groups in total. The Balaban J connectivity index is 2.01. The molecule has 3 heterocycles. The van der Waals surface area contributed by atoms with E-state index in [0.717, 1.165) is 4.57 Å². The number of nitrogens with zero attached hydrogens (tertiary/aromatic N) is 2. The van der Waals surface area contributed by atoms with Crippen molar-refractivity contribution in [2.45, 2.75) is 31.5 Å². The van der Waals surface area contributed by atoms with E-state index in [4.69, 9.17) is 19.5 Å². The molecule has 0 saturated carbocycles. The minimum absolute atomic E-state index is 0.0542. The normalized spacial score (nSPS) is 24.2. The highest BCUT2D eigenvalue weighted by molar-refractivity contribution is 5.56. The molecule has 124 valence electrons. The second-order valence-electron chi connectivity index (χ2n) is 5.16. The number of hydrogen-bond acceptors (Lipinski definition) is 8. The van der Waals surface area contributed by atoms with Gasteiger partial charge < -0.3 is 24.6 Å². The number of nitrogens with one attached hydrogen (secondary N) is 1. The SMILES string of the molecule is O=c1[nH]c(=O)n([C@H]2C[C@H](O)[C@@H](CO)O2)cc1-c1cc(CO)on1. The van der Waals surface area contributed by atoms with Gasteiger partial charge in [0, 0.05) is 18.7 Å². The van der Waals surface area contributed by atoms with E-state index in [0.29, 0.717) is 0 Å². The molecule has 0 unspecified atom stereocenters. The molecular weight excluding hydrogens is 310 g/mol. The number of aliphatic hydroxyl groups is 3. The smallest absolute Gasteiger partial charge is 0.330 e. The van der Waals surface area contributed by atoms with Gasteiger partial charge in [-0.1, -0.05) is 5.16 Å². The van der Waals surface area contributed by atoms with Crippen LogP contribution in [-0.2, 0) is 11.3 Å². The molecule has 0 bridgehead atoms. The summed E-state index contributed by atoms with van der Waals surface area (Å²) < 4.78 is 11.3. The Kier molecular flexibility index (Phi) is 4.13. The number of aliphatic hydroxyl groups excluding tert-OH is 3. The van der Waals surface area contributed by atoms with Crippen molar-refractivity contribution in [3.8, 4) is 11.3 Å². The van der Waals surface area contributed by atoms with Crippen molar-refractivity contribution in [1.82, 2.24) is 14.7 Å². The molecule has 2 aromatic rings. The molecule has 3 atom stereocenters. The maximum absolute atomic E-state index is 12.0. The Morgan fingerprint density at radius 2 is 2.17 bits per heavy atom. The Hall–Kier alpha value is -2.27. The number of hydrogen-bond donors (Lipinski definition) is 4. The first-order valence-corrected chi connectivity index (χ1v) is 6.90. The van der Waals surface area contributed by atoms with E-state index in [-0.39, 0.29) is 36.7 Å². The van der Waals surface area contributed by atoms with Crippen molar-refractivity contribution < 1.29 is 24.6 Å². The summed E-state index contributed by atoms with van der Waals surface area (Å²) in [5.74, 6) is 0.171. The maximum atomic E-state index is 12.0. The third-order valence-electron chi connectivity index (χ3n) is 3.65. The molecule has 2 aromatic heterocycles. The van der Waals surface area contributed by atoms with Crippen LogP contribution >= 0.6 is 0 Å². The van der Waals surface area contributed by atoms with Crippen LogP contribution in [0.4, 0.5) is 0 Å². The summed E-state index contributed by atoms with van der Waals surface area (Å²) in [6, 6.07) is 1.38. The lowest BCUT2D eigenvalue weighted by molar-refractivity contribution is -0.0458. The first kappa shape index (κ1) is 15.6. The molecule has 1 aliphatic heterocycles. The van der Waals surface area contributed by atoms with Crippen molar-refractivity contribution in [3.63, 3.8) is 0 Å². The van der Waals surface area contributed by atoms with Crippen LogP contribution in [0.3, 0.4) is 0 Å². The van der Waals surface area contributed by atoms with Crippen molar-refractivity contribution in [1.29, 1.82) is 0 Å². The molecule has 3 rings (SSSR count). The number of ether oxygens (including phenoxy) is 1. The highest BCUT2D eigenvalue weighted by Crippen LogP contribution is 2.28. The zero-order chi connectivity index (χ0) is 16.6. The lowest BCUT2D eigenvalue weighted by Crippen LogP contribution is -2.33. The highest BCUT2D eigenvalue weighted by Gasteiger charge is 2.35. The first-order chi connectivity index (χ1) is 11.0. The van der Waals surface area contributed by atoms with Crippen molar-refractivity contribution in [2.75, 3.05) is 6.61 Å². The van der Waals surface area contributed by atoms with Gasteiger partial charge in [-0.3, -0.25) is 14.3 Å². The third-order valence-corrected chi connectivity index (χ3v) is 3.65. The van der Waals surface area contributed by atoms with Crippen LogP contribution in [0.15, 0.2) is 26.4 Å². The van der Waals surface area contributed by atoms with Gasteiger partial charge in [0.15, 0.2) is 5.76 Å². The number of aromatic amines is 1. The van der Waals surface area contributed by atoms with Crippen LogP contribution < -0.4 is 11.2 Å². The van der Waals surface area contributed by atoms with Crippen LogP contribution in [0.5, 0.6) is 0 Å². The lowest BCUT2D eigenvalue weighted by Gasteiger charge is -2.14. The molecule has 1 aliphatic rings. The minimum atomic E-state index is -0.916. The zero-order valence-corrected chi connectivity index (χ0v) is 11.9. The van der Waals surface area contributed by atoms with Crippen molar-refractivity contribution in [3.05, 3.63) is 38.9 Å². The van der Waals surface area contributed by atoms with E-state index >= 15 is 0 Å². The largest absolute Gasteiger partial charge is 0.394 e. The zero-order valence-electron chi connectivity index (χ0n) is 11.9. The van der Waals surface area contributed by atoms with Crippen molar-refractivity contribution >= 4 is 0 Å². The third kappa shape index (κ3) is 2.84. The summed E-state index contributed by atoms with van der Waals surface area (Å²) in [5, 5.41) is 31.5. The summed E-state index contributed by atoms with van der Waals surface area (Å²) in [6.07, 6.45) is -1.20. The fourth-order valence-electron chi connectivity index (χ4n) is 2.45. The Labute approximate surface area is 128 Å². The van der Waals surface area contributed by atoms with Gasteiger partial charge in [-0.05, 0) is 0 Å². The first-order valence-electron chi connectivity index (χ1n) is 6.90. The predicted molar refractivity (Wildman–Crippen MR) is 74.4 cm³/mol. The van der Waals surface area contributed by atoms with E-state index in [9.17, 15) is 14.7 Å². The number of aromatic nitrogens is 3. The second kappa shape index (κ2) is 6.08. The number of H-pyrrole nitrogens is 1. The molecule has 23 heavy (non-hydrogen) atoms. The van der Waals surface area contributed by atoms with Gasteiger partial charge in [-0.2, -0.15) is 0 Å². The fraction of sp³-hybridized carbons (Fsp3) is 0.462. The van der Waals surface area contributed by atoms with Crippen LogP contribution in [-0.4, -0.2) is 48.8 Å². The monoisotopic (exact) mass is 325 g/mol. The Morgan fingerprint density at radius 3 is 2.78 bits per heavy atom. The summed E-state index contributed by atoms with van der Waals surface area (Å²) in [4.78, 5) is 26.1. The van der Waals surface area contributed by atoms with Crippen molar-refractivity contribution in [2.24, 2.45) is 0 Å². The average Bonchev–Trinajstić information content (AvgIpc) is 3.13. The van der Waals surface area contributed by atoms with Crippen LogP contribution in [0.1, 0.15) is 18.4 Å². The van der Waals surface area contributed by atoms with Gasteiger partial charge in [0.25, 0.3) is 5.56 Å². The molecule has 1 saturated heterocycles. The van der Waals surface area contributed by atoms with Gasteiger partial charge in [-0.25, -0.2) is 4.79 Å². The number of rotatable bonds is 4. The molecule has 0 amide bonds. The van der Waals surface area contributed by atoms with E-state index in [1.54, 1.807) is 0 Å². The lowest BCUT2D eigenvalue weighted by atomic mass is 10.2. The van der Waals surface area contributed by atoms with Crippen LogP contribution in [0.2, 0.25) is 0 Å². The van der Waals surface area contributed by atoms with Crippen LogP contribution in [0, 0.1) is 0 Å². The Bertz CT molecular complexity index is 808. The molecule has 10 heteroatoms. The van der Waals surface area contributed by atoms with Gasteiger partial charge in [0.1, 0.15) is 24.6 Å². The average molecular weight is 325 g/mol. The molecule has 1 fully saturated rings.